The highest BCUT2D eigenvalue weighted by molar-refractivity contribution is 5.85. The van der Waals surface area contributed by atoms with Crippen molar-refractivity contribution in [1.29, 1.82) is 0 Å². The molecule has 9 atom stereocenters. The van der Waals surface area contributed by atoms with E-state index in [1.54, 1.807) is 6.08 Å². The minimum absolute atomic E-state index is 0.112. The predicted octanol–water partition coefficient (Wildman–Crippen LogP) is 9.83. The van der Waals surface area contributed by atoms with Crippen molar-refractivity contribution in [3.63, 3.8) is 0 Å². The maximum atomic E-state index is 14.2. The minimum atomic E-state index is -1.46. The van der Waals surface area contributed by atoms with Crippen molar-refractivity contribution in [2.24, 2.45) is 45.8 Å². The fourth-order valence-corrected chi connectivity index (χ4v) is 13.9. The van der Waals surface area contributed by atoms with Gasteiger partial charge in [0.1, 0.15) is 12.7 Å². The van der Waals surface area contributed by atoms with Crippen molar-refractivity contribution in [3.8, 4) is 0 Å². The second-order valence-electron chi connectivity index (χ2n) is 20.3. The molecule has 0 amide bonds. The Morgan fingerprint density at radius 2 is 1.62 bits per heavy atom. The van der Waals surface area contributed by atoms with Gasteiger partial charge in [0.2, 0.25) is 0 Å². The molecule has 0 aromatic heterocycles. The quantitative estimate of drug-likeness (QED) is 0.161. The molecular weight excluding hydrogens is 701 g/mol. The van der Waals surface area contributed by atoms with Gasteiger partial charge >= 0.3 is 11.9 Å². The number of cyclic esters (lactones) is 1. The molecule has 7 rings (SSSR count). The van der Waals surface area contributed by atoms with Gasteiger partial charge in [0, 0.05) is 12.0 Å². The minimum Gasteiger partial charge on any atom is -0.462 e. The van der Waals surface area contributed by atoms with Crippen molar-refractivity contribution < 1.29 is 34.4 Å². The first-order valence-corrected chi connectivity index (χ1v) is 23.1. The van der Waals surface area contributed by atoms with E-state index in [0.717, 1.165) is 82.6 Å². The van der Waals surface area contributed by atoms with Crippen molar-refractivity contribution in [2.45, 2.75) is 192 Å². The van der Waals surface area contributed by atoms with E-state index >= 15 is 0 Å². The summed E-state index contributed by atoms with van der Waals surface area (Å²) in [6, 6.07) is 10.6. The Morgan fingerprint density at radius 3 is 2.30 bits per heavy atom. The van der Waals surface area contributed by atoms with E-state index < -0.39 is 35.2 Å². The van der Waals surface area contributed by atoms with Crippen LogP contribution in [0.4, 0.5) is 0 Å². The molecule has 56 heavy (non-hydrogen) atoms. The monoisotopic (exact) mass is 775 g/mol. The molecule has 0 bridgehead atoms. The van der Waals surface area contributed by atoms with Crippen LogP contribution in [-0.2, 0) is 25.5 Å². The summed E-state index contributed by atoms with van der Waals surface area (Å²) in [4.78, 5) is 26.4. The van der Waals surface area contributed by atoms with Gasteiger partial charge < -0.3 is 24.8 Å². The zero-order valence-corrected chi connectivity index (χ0v) is 35.0. The number of aryl methyl sites for hydroxylation is 1. The van der Waals surface area contributed by atoms with Gasteiger partial charge in [-0.3, -0.25) is 4.79 Å². The Balaban J connectivity index is 1.24. The number of hydrogen-bond donors (Lipinski definition) is 3. The van der Waals surface area contributed by atoms with E-state index in [2.05, 4.69) is 44.2 Å². The lowest BCUT2D eigenvalue weighted by molar-refractivity contribution is -0.328. The molecule has 5 aliphatic carbocycles. The van der Waals surface area contributed by atoms with Crippen LogP contribution in [0.2, 0.25) is 0 Å². The van der Waals surface area contributed by atoms with Crippen LogP contribution in [0.15, 0.2) is 42.0 Å². The average Bonchev–Trinajstić information content (AvgIpc) is 3.85. The molecule has 7 nitrogen and oxygen atoms in total. The highest BCUT2D eigenvalue weighted by Crippen LogP contribution is 2.70. The lowest BCUT2D eigenvalue weighted by Gasteiger charge is -2.70. The first-order chi connectivity index (χ1) is 26.9. The third-order valence-electron chi connectivity index (χ3n) is 17.1. The van der Waals surface area contributed by atoms with Crippen LogP contribution in [0.3, 0.4) is 0 Å². The first-order valence-electron chi connectivity index (χ1n) is 23.1. The smallest absolute Gasteiger partial charge is 0.331 e. The van der Waals surface area contributed by atoms with Crippen molar-refractivity contribution in [1.82, 2.24) is 0 Å². The van der Waals surface area contributed by atoms with Crippen molar-refractivity contribution in [2.75, 3.05) is 6.61 Å². The number of ether oxygens (including phenoxy) is 2. The second kappa shape index (κ2) is 17.6. The molecule has 1 heterocycles. The Bertz CT molecular complexity index is 1500. The van der Waals surface area contributed by atoms with Gasteiger partial charge in [-0.1, -0.05) is 89.6 Å². The van der Waals surface area contributed by atoms with Gasteiger partial charge in [0.25, 0.3) is 0 Å². The summed E-state index contributed by atoms with van der Waals surface area (Å²) in [7, 11) is 0. The highest BCUT2D eigenvalue weighted by atomic mass is 16.5. The van der Waals surface area contributed by atoms with Gasteiger partial charge in [-0.25, -0.2) is 4.79 Å². The Labute approximate surface area is 337 Å². The van der Waals surface area contributed by atoms with E-state index in [0.29, 0.717) is 49.4 Å². The number of carbonyl (C=O) groups excluding carboxylic acids is 2. The molecule has 1 aromatic carbocycles. The number of aliphatic hydroxyl groups is 3. The zero-order chi connectivity index (χ0) is 39.6. The van der Waals surface area contributed by atoms with Crippen LogP contribution in [-0.4, -0.2) is 57.8 Å². The van der Waals surface area contributed by atoms with Crippen LogP contribution >= 0.6 is 0 Å². The van der Waals surface area contributed by atoms with E-state index in [1.165, 1.54) is 44.1 Å². The fourth-order valence-electron chi connectivity index (χ4n) is 13.9. The molecule has 5 saturated carbocycles. The molecule has 1 aromatic rings. The maximum absolute atomic E-state index is 14.2. The molecule has 1 spiro atoms. The summed E-state index contributed by atoms with van der Waals surface area (Å²) in [5.41, 5.74) is -0.484. The second-order valence-corrected chi connectivity index (χ2v) is 20.3. The molecule has 5 fully saturated rings. The summed E-state index contributed by atoms with van der Waals surface area (Å²) in [5.74, 6) is -0.637. The normalized spacial score (nSPS) is 36.1. The lowest BCUT2D eigenvalue weighted by atomic mass is 9.37. The van der Waals surface area contributed by atoms with Crippen LogP contribution in [0.25, 0.3) is 0 Å². The number of esters is 2. The highest BCUT2D eigenvalue weighted by Gasteiger charge is 2.74. The topological polar surface area (TPSA) is 113 Å². The molecule has 1 unspecified atom stereocenters. The summed E-state index contributed by atoms with van der Waals surface area (Å²) >= 11 is 0. The van der Waals surface area contributed by atoms with Crippen LogP contribution < -0.4 is 0 Å². The molecule has 7 heteroatoms. The number of carbonyl (C=O) groups is 2. The van der Waals surface area contributed by atoms with E-state index in [1.807, 2.05) is 6.92 Å². The fraction of sp³-hybridized carbons (Fsp3) is 0.796. The van der Waals surface area contributed by atoms with E-state index in [-0.39, 0.29) is 35.8 Å². The predicted molar refractivity (Wildman–Crippen MR) is 219 cm³/mol. The van der Waals surface area contributed by atoms with Crippen LogP contribution in [0, 0.1) is 45.8 Å². The Hall–Kier alpha value is -2.22. The van der Waals surface area contributed by atoms with Gasteiger partial charge in [0.05, 0.1) is 29.1 Å². The third kappa shape index (κ3) is 8.18. The van der Waals surface area contributed by atoms with E-state index in [4.69, 9.17) is 9.47 Å². The lowest BCUT2D eigenvalue weighted by Crippen LogP contribution is -2.77. The number of benzene rings is 1. The molecule has 0 radical (unpaired) electrons. The van der Waals surface area contributed by atoms with Crippen molar-refractivity contribution >= 4 is 11.9 Å². The van der Waals surface area contributed by atoms with E-state index in [9.17, 15) is 24.9 Å². The van der Waals surface area contributed by atoms with Crippen LogP contribution in [0.1, 0.15) is 168 Å². The average molecular weight is 775 g/mol. The number of hydrogen-bond acceptors (Lipinski definition) is 7. The summed E-state index contributed by atoms with van der Waals surface area (Å²) in [6.07, 6.45) is 20.9. The van der Waals surface area contributed by atoms with Crippen LogP contribution in [0.5, 0.6) is 0 Å². The first kappa shape index (κ1) is 41.9. The molecule has 6 aliphatic rings. The third-order valence-corrected chi connectivity index (χ3v) is 17.1. The van der Waals surface area contributed by atoms with Gasteiger partial charge in [-0.2, -0.15) is 0 Å². The number of aliphatic hydroxyl groups excluding tert-OH is 2. The SMILES string of the molecule is C[C@H](CCCc1ccccc1)CC[C@H](O)[C@]12C([C@H](OC(=O)C3CCCCC3)C[C@H](C)[C@]1(O)CCC1=CC(=O)OC1)[C@](C)(C1CCC3(CCCC3)CC1)CC[C@@H]2O. The summed E-state index contributed by atoms with van der Waals surface area (Å²) in [5, 5.41) is 39.6. The Morgan fingerprint density at radius 1 is 0.911 bits per heavy atom. The Kier molecular flexibility index (Phi) is 13.1. The zero-order valence-electron chi connectivity index (χ0n) is 35.0. The molecule has 312 valence electrons. The van der Waals surface area contributed by atoms with Gasteiger partial charge in [0.15, 0.2) is 0 Å². The number of fused-ring (bicyclic) bond motifs is 1. The van der Waals surface area contributed by atoms with Gasteiger partial charge in [-0.15, -0.1) is 0 Å². The largest absolute Gasteiger partial charge is 0.462 e. The van der Waals surface area contributed by atoms with Gasteiger partial charge in [-0.05, 0) is 149 Å². The number of rotatable bonds is 14. The molecule has 3 N–H and O–H groups in total. The molecular formula is C49H74O7. The summed E-state index contributed by atoms with van der Waals surface area (Å²) in [6.45, 7) is 6.92. The standard InChI is InChI=1S/C49H74O7/c1-34(13-12-16-36-14-6-4-7-15-36)19-20-41(50)49-42(51)24-27-46(3,39-22-28-47(29-23-39)25-10-11-26-47)44(49)40(56-45(53)38-17-8-5-9-18-38)31-35(2)48(49,54)30-21-37-32-43(52)55-33-37/h4,6-7,14-15,32,34-35,38-42,44,50-51,54H,5,8-13,16-31,33H2,1-3H3/t34-,35+,40-,41+,42+,44?,46+,48-,49+/m1/s1. The van der Waals surface area contributed by atoms with Crippen molar-refractivity contribution in [3.05, 3.63) is 47.5 Å². The summed E-state index contributed by atoms with van der Waals surface area (Å²) < 4.78 is 12.1. The maximum Gasteiger partial charge on any atom is 0.331 e. The molecule has 1 aliphatic heterocycles. The molecule has 0 saturated heterocycles.